The molecule has 1 aromatic heterocycles. The quantitative estimate of drug-likeness (QED) is 0.795. The van der Waals surface area contributed by atoms with Crippen LogP contribution in [0.15, 0.2) is 29.6 Å². The molecule has 0 aliphatic rings. The van der Waals surface area contributed by atoms with Crippen molar-refractivity contribution in [2.75, 3.05) is 0 Å². The molecule has 0 atom stereocenters. The van der Waals surface area contributed by atoms with Crippen molar-refractivity contribution in [3.05, 3.63) is 45.9 Å². The zero-order chi connectivity index (χ0) is 13.0. The van der Waals surface area contributed by atoms with Crippen molar-refractivity contribution >= 4 is 11.3 Å². The van der Waals surface area contributed by atoms with Gasteiger partial charge in [0.15, 0.2) is 0 Å². The molecule has 0 unspecified atom stereocenters. The lowest BCUT2D eigenvalue weighted by Gasteiger charge is -2.08. The number of ether oxygens (including phenoxy) is 1. The molecule has 2 nitrogen and oxygen atoms in total. The molecule has 0 aliphatic carbocycles. The Kier molecular flexibility index (Phi) is 4.37. The summed E-state index contributed by atoms with van der Waals surface area (Å²) in [5.41, 5.74) is 2.27. The first kappa shape index (κ1) is 13.1. The fourth-order valence-electron chi connectivity index (χ4n) is 1.74. The summed E-state index contributed by atoms with van der Waals surface area (Å²) < 4.78 is 5.85. The maximum absolute atomic E-state index is 5.85. The predicted molar refractivity (Wildman–Crippen MR) is 76.4 cm³/mol. The van der Waals surface area contributed by atoms with E-state index in [-0.39, 0.29) is 0 Å². The number of aryl methyl sites for hydroxylation is 1. The summed E-state index contributed by atoms with van der Waals surface area (Å²) in [7, 11) is 0. The van der Waals surface area contributed by atoms with E-state index in [1.54, 1.807) is 11.3 Å². The van der Waals surface area contributed by atoms with Crippen LogP contribution in [0.3, 0.4) is 0 Å². The molecule has 0 aliphatic heterocycles. The van der Waals surface area contributed by atoms with Crippen LogP contribution in [0.1, 0.15) is 43.0 Å². The fourth-order valence-corrected chi connectivity index (χ4v) is 2.56. The Morgan fingerprint density at radius 2 is 2.06 bits per heavy atom. The van der Waals surface area contributed by atoms with Gasteiger partial charge in [0.05, 0.1) is 10.7 Å². The summed E-state index contributed by atoms with van der Waals surface area (Å²) in [5, 5.41) is 3.27. The molecule has 0 saturated carbocycles. The molecule has 0 bridgehead atoms. The van der Waals surface area contributed by atoms with E-state index in [4.69, 9.17) is 4.74 Å². The van der Waals surface area contributed by atoms with E-state index < -0.39 is 0 Å². The summed E-state index contributed by atoms with van der Waals surface area (Å²) in [6.45, 7) is 7.02. The first-order valence-corrected chi connectivity index (χ1v) is 7.23. The molecule has 0 amide bonds. The fraction of sp³-hybridized carbons (Fsp3) is 0.400. The maximum Gasteiger partial charge on any atom is 0.131 e. The summed E-state index contributed by atoms with van der Waals surface area (Å²) in [4.78, 5) is 4.57. The van der Waals surface area contributed by atoms with Gasteiger partial charge in [0, 0.05) is 11.3 Å². The van der Waals surface area contributed by atoms with Gasteiger partial charge in [-0.3, -0.25) is 0 Å². The van der Waals surface area contributed by atoms with Crippen molar-refractivity contribution in [1.29, 1.82) is 0 Å². The van der Waals surface area contributed by atoms with Crippen LogP contribution in [0.2, 0.25) is 0 Å². The van der Waals surface area contributed by atoms with Crippen LogP contribution in [0, 0.1) is 0 Å². The Bertz CT molecular complexity index is 505. The third-order valence-corrected chi connectivity index (χ3v) is 3.99. The van der Waals surface area contributed by atoms with Gasteiger partial charge in [0.2, 0.25) is 0 Å². The molecule has 0 N–H and O–H groups in total. The highest BCUT2D eigenvalue weighted by atomic mass is 32.1. The van der Waals surface area contributed by atoms with E-state index >= 15 is 0 Å². The second-order valence-electron chi connectivity index (χ2n) is 4.58. The molecule has 2 aromatic rings. The first-order valence-electron chi connectivity index (χ1n) is 6.35. The molecule has 2 rings (SSSR count). The molecular weight excluding hydrogens is 242 g/mol. The summed E-state index contributed by atoms with van der Waals surface area (Å²) in [5.74, 6) is 1.46. The average molecular weight is 261 g/mol. The molecule has 18 heavy (non-hydrogen) atoms. The molecule has 96 valence electrons. The molecule has 0 spiro atoms. The third-order valence-electron chi connectivity index (χ3n) is 2.79. The number of rotatable bonds is 5. The van der Waals surface area contributed by atoms with Crippen LogP contribution in [0.25, 0.3) is 0 Å². The minimum Gasteiger partial charge on any atom is -0.487 e. The van der Waals surface area contributed by atoms with Gasteiger partial charge in [0.1, 0.15) is 12.4 Å². The topological polar surface area (TPSA) is 22.1 Å². The van der Waals surface area contributed by atoms with Crippen LogP contribution >= 0.6 is 11.3 Å². The van der Waals surface area contributed by atoms with Crippen LogP contribution in [-0.4, -0.2) is 4.98 Å². The highest BCUT2D eigenvalue weighted by Crippen LogP contribution is 2.22. The molecule has 1 aromatic carbocycles. The Morgan fingerprint density at radius 3 is 2.72 bits per heavy atom. The number of aromatic nitrogens is 1. The molecule has 1 heterocycles. The Hall–Kier alpha value is -1.35. The summed E-state index contributed by atoms with van der Waals surface area (Å²) in [6.07, 6.45) is 0.991. The summed E-state index contributed by atoms with van der Waals surface area (Å²) >= 11 is 1.71. The third kappa shape index (κ3) is 3.10. The zero-order valence-corrected chi connectivity index (χ0v) is 12.0. The predicted octanol–water partition coefficient (Wildman–Crippen LogP) is 4.41. The Labute approximate surface area is 113 Å². The lowest BCUT2D eigenvalue weighted by atomic mass is 10.1. The van der Waals surface area contributed by atoms with Crippen molar-refractivity contribution in [2.45, 2.75) is 39.7 Å². The van der Waals surface area contributed by atoms with Crippen molar-refractivity contribution in [3.8, 4) is 5.75 Å². The molecule has 3 heteroatoms. The van der Waals surface area contributed by atoms with Crippen LogP contribution in [0.5, 0.6) is 5.75 Å². The van der Waals surface area contributed by atoms with E-state index in [0.29, 0.717) is 12.5 Å². The first-order chi connectivity index (χ1) is 8.70. The second-order valence-corrected chi connectivity index (χ2v) is 5.47. The largest absolute Gasteiger partial charge is 0.487 e. The number of hydrogen-bond donors (Lipinski definition) is 0. The van der Waals surface area contributed by atoms with Gasteiger partial charge >= 0.3 is 0 Å². The van der Waals surface area contributed by atoms with Gasteiger partial charge in [-0.2, -0.15) is 0 Å². The Morgan fingerprint density at radius 1 is 1.28 bits per heavy atom. The molecular formula is C15H19NOS. The number of benzene rings is 1. The smallest absolute Gasteiger partial charge is 0.131 e. The van der Waals surface area contributed by atoms with E-state index in [0.717, 1.165) is 17.9 Å². The number of para-hydroxylation sites is 1. The van der Waals surface area contributed by atoms with Crippen molar-refractivity contribution in [3.63, 3.8) is 0 Å². The van der Waals surface area contributed by atoms with Gasteiger partial charge < -0.3 is 4.74 Å². The monoisotopic (exact) mass is 261 g/mol. The lowest BCUT2D eigenvalue weighted by Crippen LogP contribution is -1.99. The SMILES string of the molecule is CCc1ccccc1OCc1csc(C(C)C)n1. The minimum atomic E-state index is 0.492. The highest BCUT2D eigenvalue weighted by molar-refractivity contribution is 7.09. The summed E-state index contributed by atoms with van der Waals surface area (Å²) in [6, 6.07) is 8.19. The molecule has 0 radical (unpaired) electrons. The average Bonchev–Trinajstić information content (AvgIpc) is 2.85. The number of thiazole rings is 1. The standard InChI is InChI=1S/C15H19NOS/c1-4-12-7-5-6-8-14(12)17-9-13-10-18-15(16-13)11(2)3/h5-8,10-11H,4,9H2,1-3H3. The van der Waals surface area contributed by atoms with Gasteiger partial charge in [-0.15, -0.1) is 11.3 Å². The Balaban J connectivity index is 2.02. The van der Waals surface area contributed by atoms with E-state index in [9.17, 15) is 0 Å². The van der Waals surface area contributed by atoms with Crippen molar-refractivity contribution in [2.24, 2.45) is 0 Å². The van der Waals surface area contributed by atoms with E-state index in [1.807, 2.05) is 18.2 Å². The normalized spacial score (nSPS) is 10.9. The molecule has 0 saturated heterocycles. The minimum absolute atomic E-state index is 0.492. The number of nitrogens with zero attached hydrogens (tertiary/aromatic N) is 1. The van der Waals surface area contributed by atoms with E-state index in [1.165, 1.54) is 10.6 Å². The lowest BCUT2D eigenvalue weighted by molar-refractivity contribution is 0.299. The highest BCUT2D eigenvalue weighted by Gasteiger charge is 2.07. The van der Waals surface area contributed by atoms with Crippen LogP contribution in [-0.2, 0) is 13.0 Å². The van der Waals surface area contributed by atoms with Gasteiger partial charge in [-0.25, -0.2) is 4.98 Å². The van der Waals surface area contributed by atoms with E-state index in [2.05, 4.69) is 37.2 Å². The van der Waals surface area contributed by atoms with Gasteiger partial charge in [0.25, 0.3) is 0 Å². The van der Waals surface area contributed by atoms with Gasteiger partial charge in [-0.05, 0) is 18.1 Å². The maximum atomic E-state index is 5.85. The van der Waals surface area contributed by atoms with Crippen molar-refractivity contribution in [1.82, 2.24) is 4.98 Å². The van der Waals surface area contributed by atoms with Crippen LogP contribution < -0.4 is 4.74 Å². The number of hydrogen-bond acceptors (Lipinski definition) is 3. The second kappa shape index (κ2) is 6.01. The van der Waals surface area contributed by atoms with Crippen molar-refractivity contribution < 1.29 is 4.74 Å². The van der Waals surface area contributed by atoms with Gasteiger partial charge in [-0.1, -0.05) is 39.0 Å². The van der Waals surface area contributed by atoms with Crippen LogP contribution in [0.4, 0.5) is 0 Å². The molecule has 0 fully saturated rings. The zero-order valence-electron chi connectivity index (χ0n) is 11.1.